The van der Waals surface area contributed by atoms with Crippen LogP contribution in [0.2, 0.25) is 0 Å². The number of nitrogen functional groups attached to an aromatic ring is 1. The number of aromatic nitrogens is 5. The number of anilines is 2. The Morgan fingerprint density at radius 1 is 1.19 bits per heavy atom. The van der Waals surface area contributed by atoms with Crippen molar-refractivity contribution in [3.63, 3.8) is 0 Å². The van der Waals surface area contributed by atoms with E-state index < -0.39 is 0 Å². The monoisotopic (exact) mass is 426 g/mol. The predicted octanol–water partition coefficient (Wildman–Crippen LogP) is 3.15. The molecule has 0 saturated heterocycles. The Labute approximate surface area is 184 Å². The second-order valence-corrected chi connectivity index (χ2v) is 8.14. The van der Waals surface area contributed by atoms with Crippen LogP contribution in [0.4, 0.5) is 11.6 Å². The molecule has 1 amide bonds. The molecule has 32 heavy (non-hydrogen) atoms. The number of rotatable bonds is 5. The van der Waals surface area contributed by atoms with Gasteiger partial charge in [0.15, 0.2) is 5.65 Å². The van der Waals surface area contributed by atoms with E-state index >= 15 is 0 Å². The van der Waals surface area contributed by atoms with Crippen molar-refractivity contribution in [1.29, 1.82) is 5.26 Å². The Kier molecular flexibility index (Phi) is 4.82. The number of hydrogen-bond acceptors (Lipinski definition) is 6. The van der Waals surface area contributed by atoms with Crippen molar-refractivity contribution in [1.82, 2.24) is 24.4 Å². The van der Waals surface area contributed by atoms with Gasteiger partial charge in [0.05, 0.1) is 17.7 Å². The van der Waals surface area contributed by atoms with Crippen molar-refractivity contribution in [3.8, 4) is 17.2 Å². The van der Waals surface area contributed by atoms with E-state index in [0.717, 1.165) is 42.4 Å². The Morgan fingerprint density at radius 2 is 1.97 bits per heavy atom. The molecule has 1 aliphatic carbocycles. The van der Waals surface area contributed by atoms with E-state index in [1.807, 2.05) is 42.6 Å². The molecule has 4 aromatic rings. The molecule has 0 unspecified atom stereocenters. The third-order valence-electron chi connectivity index (χ3n) is 6.02. The topological polar surface area (TPSA) is 127 Å². The van der Waals surface area contributed by atoms with Crippen LogP contribution in [0, 0.1) is 11.3 Å². The summed E-state index contributed by atoms with van der Waals surface area (Å²) in [4.78, 5) is 16.7. The van der Waals surface area contributed by atoms with Gasteiger partial charge in [-0.05, 0) is 48.2 Å². The molecule has 0 atom stereocenters. The smallest absolute Gasteiger partial charge is 0.246 e. The number of nitrogens with one attached hydrogen (secondary N) is 1. The minimum atomic E-state index is -0.380. The largest absolute Gasteiger partial charge is 0.366 e. The normalized spacial score (nSPS) is 15.0. The number of carbonyl (C=O) groups excluding carboxylic acids is 1. The van der Waals surface area contributed by atoms with Crippen LogP contribution in [-0.2, 0) is 16.8 Å². The lowest BCUT2D eigenvalue weighted by Crippen LogP contribution is -2.20. The summed E-state index contributed by atoms with van der Waals surface area (Å²) in [6.07, 6.45) is 9.26. The highest BCUT2D eigenvalue weighted by Crippen LogP contribution is 2.40. The maximum atomic E-state index is 12.5. The van der Waals surface area contributed by atoms with Crippen LogP contribution in [0.25, 0.3) is 16.8 Å². The first-order valence-electron chi connectivity index (χ1n) is 10.5. The van der Waals surface area contributed by atoms with Gasteiger partial charge in [0, 0.05) is 23.6 Å². The lowest BCUT2D eigenvalue weighted by atomic mass is 9.80. The number of nitriles is 1. The summed E-state index contributed by atoms with van der Waals surface area (Å²) in [5.41, 5.74) is 9.40. The lowest BCUT2D eigenvalue weighted by molar-refractivity contribution is -0.116. The number of fused-ring (bicyclic) bond motifs is 1. The molecule has 160 valence electrons. The van der Waals surface area contributed by atoms with Gasteiger partial charge in [-0.25, -0.2) is 4.52 Å². The Balaban J connectivity index is 1.25. The van der Waals surface area contributed by atoms with Gasteiger partial charge in [0.1, 0.15) is 6.54 Å². The first-order valence-corrected chi connectivity index (χ1v) is 10.5. The minimum Gasteiger partial charge on any atom is -0.366 e. The van der Waals surface area contributed by atoms with Crippen LogP contribution >= 0.6 is 0 Å². The highest BCUT2D eigenvalue weighted by molar-refractivity contribution is 5.90. The van der Waals surface area contributed by atoms with E-state index in [4.69, 9.17) is 5.73 Å². The van der Waals surface area contributed by atoms with Gasteiger partial charge in [-0.15, -0.1) is 5.10 Å². The molecular weight excluding hydrogens is 404 g/mol. The quantitative estimate of drug-likeness (QED) is 0.505. The third-order valence-corrected chi connectivity index (χ3v) is 6.02. The Bertz CT molecular complexity index is 1320. The zero-order valence-electron chi connectivity index (χ0n) is 17.4. The van der Waals surface area contributed by atoms with Crippen molar-refractivity contribution in [2.75, 3.05) is 11.1 Å². The Morgan fingerprint density at radius 3 is 2.72 bits per heavy atom. The van der Waals surface area contributed by atoms with E-state index in [1.165, 1.54) is 0 Å². The molecule has 9 nitrogen and oxygen atoms in total. The third kappa shape index (κ3) is 3.67. The van der Waals surface area contributed by atoms with Crippen LogP contribution in [0.3, 0.4) is 0 Å². The van der Waals surface area contributed by atoms with E-state index in [-0.39, 0.29) is 23.8 Å². The van der Waals surface area contributed by atoms with Crippen molar-refractivity contribution in [3.05, 3.63) is 60.6 Å². The van der Waals surface area contributed by atoms with E-state index in [9.17, 15) is 10.1 Å². The molecule has 9 heteroatoms. The highest BCUT2D eigenvalue weighted by atomic mass is 16.2. The molecular formula is C23H22N8O. The zero-order valence-corrected chi connectivity index (χ0v) is 17.4. The molecule has 1 aromatic carbocycles. The predicted molar refractivity (Wildman–Crippen MR) is 119 cm³/mol. The molecule has 0 aliphatic heterocycles. The van der Waals surface area contributed by atoms with Gasteiger partial charge in [0.2, 0.25) is 11.9 Å². The SMILES string of the molecule is N#CC1(c2ccc(NC(=O)Cn3cc(-c4ccn5nc(N)nc5c4)cn3)cc2)CCCC1. The number of benzene rings is 1. The number of pyridine rings is 1. The highest BCUT2D eigenvalue weighted by Gasteiger charge is 2.35. The molecule has 3 aromatic heterocycles. The fourth-order valence-corrected chi connectivity index (χ4v) is 4.34. The molecule has 0 spiro atoms. The van der Waals surface area contributed by atoms with Crippen molar-refractivity contribution in [2.24, 2.45) is 0 Å². The molecule has 3 heterocycles. The summed E-state index contributed by atoms with van der Waals surface area (Å²) < 4.78 is 3.19. The molecule has 1 saturated carbocycles. The van der Waals surface area contributed by atoms with Gasteiger partial charge >= 0.3 is 0 Å². The fraction of sp³-hybridized carbons (Fsp3) is 0.261. The summed E-state index contributed by atoms with van der Waals surface area (Å²) in [6, 6.07) is 13.9. The van der Waals surface area contributed by atoms with Crippen LogP contribution in [-0.4, -0.2) is 30.3 Å². The van der Waals surface area contributed by atoms with Crippen molar-refractivity contribution in [2.45, 2.75) is 37.6 Å². The first kappa shape index (κ1) is 19.8. The van der Waals surface area contributed by atoms with E-state index in [2.05, 4.69) is 26.6 Å². The Hall–Kier alpha value is -4.19. The number of amides is 1. The zero-order chi connectivity index (χ0) is 22.1. The summed E-state index contributed by atoms with van der Waals surface area (Å²) in [5, 5.41) is 20.9. The second-order valence-electron chi connectivity index (χ2n) is 8.14. The van der Waals surface area contributed by atoms with Gasteiger partial charge in [-0.2, -0.15) is 15.3 Å². The summed E-state index contributed by atoms with van der Waals surface area (Å²) >= 11 is 0. The molecule has 0 radical (unpaired) electrons. The summed E-state index contributed by atoms with van der Waals surface area (Å²) in [5.74, 6) is 0.0394. The minimum absolute atomic E-state index is 0.0873. The van der Waals surface area contributed by atoms with Gasteiger partial charge in [-0.3, -0.25) is 9.48 Å². The number of carbonyl (C=O) groups is 1. The van der Waals surface area contributed by atoms with Crippen molar-refractivity contribution >= 4 is 23.2 Å². The van der Waals surface area contributed by atoms with Crippen molar-refractivity contribution < 1.29 is 4.79 Å². The molecule has 5 rings (SSSR count). The number of nitrogens with zero attached hydrogens (tertiary/aromatic N) is 6. The van der Waals surface area contributed by atoms with Gasteiger partial charge in [0.25, 0.3) is 0 Å². The van der Waals surface area contributed by atoms with Crippen LogP contribution in [0.15, 0.2) is 55.0 Å². The number of nitrogens with two attached hydrogens (primary N) is 1. The maximum Gasteiger partial charge on any atom is 0.246 e. The summed E-state index contributed by atoms with van der Waals surface area (Å²) in [7, 11) is 0. The molecule has 3 N–H and O–H groups in total. The first-order chi connectivity index (χ1) is 15.5. The van der Waals surface area contributed by atoms with Gasteiger partial charge in [-0.1, -0.05) is 25.0 Å². The maximum absolute atomic E-state index is 12.5. The van der Waals surface area contributed by atoms with E-state index in [0.29, 0.717) is 11.3 Å². The standard InChI is InChI=1S/C23H22N8O/c24-15-23(8-1-2-9-23)18-3-5-19(6-4-18)27-21(32)14-30-13-17(12-26-30)16-7-10-31-20(11-16)28-22(25)29-31/h3-7,10-13H,1-2,8-9,14H2,(H2,25,29)(H,27,32). The molecule has 1 aliphatic rings. The molecule has 1 fully saturated rings. The second kappa shape index (κ2) is 7.81. The number of hydrogen-bond donors (Lipinski definition) is 2. The van der Waals surface area contributed by atoms with Crippen LogP contribution < -0.4 is 11.1 Å². The summed E-state index contributed by atoms with van der Waals surface area (Å²) in [6.45, 7) is 0.0873. The molecule has 0 bridgehead atoms. The lowest BCUT2D eigenvalue weighted by Gasteiger charge is -2.20. The van der Waals surface area contributed by atoms with E-state index in [1.54, 1.807) is 21.6 Å². The average molecular weight is 426 g/mol. The van der Waals surface area contributed by atoms with Gasteiger partial charge < -0.3 is 11.1 Å². The van der Waals surface area contributed by atoms with Crippen LogP contribution in [0.5, 0.6) is 0 Å². The average Bonchev–Trinajstić information content (AvgIpc) is 3.53. The fourth-order valence-electron chi connectivity index (χ4n) is 4.34. The van der Waals surface area contributed by atoms with Crippen LogP contribution in [0.1, 0.15) is 31.2 Å².